The molecule has 1 saturated heterocycles. The van der Waals surface area contributed by atoms with Gasteiger partial charge < -0.3 is 34.7 Å². The third-order valence-corrected chi connectivity index (χ3v) is 9.31. The standard InChI is InChI=1S/C29H35BrN7O4P/c1-18-12-25(36-10-8-20(38)9-11-36)26(41-3)14-24(18)34-29-31-16-22(30)28(35-29)33-23-7-6-19(13-27(23)42(4,5)39)37-17-21(40-2)15-32-37/h6-7,12-17,20,38H,8-11H2,1-5H3,(H2,31,33,34,35). The Labute approximate surface area is 253 Å². The molecule has 0 amide bonds. The fourth-order valence-corrected chi connectivity index (χ4v) is 6.30. The van der Waals surface area contributed by atoms with Crippen LogP contribution in [0.25, 0.3) is 5.69 Å². The first-order chi connectivity index (χ1) is 20.0. The topological polar surface area (TPSA) is 127 Å². The van der Waals surface area contributed by atoms with Gasteiger partial charge in [0.25, 0.3) is 0 Å². The Morgan fingerprint density at radius 1 is 1.05 bits per heavy atom. The van der Waals surface area contributed by atoms with Gasteiger partial charge in [0, 0.05) is 36.3 Å². The predicted molar refractivity (Wildman–Crippen MR) is 171 cm³/mol. The third-order valence-electron chi connectivity index (χ3n) is 7.20. The van der Waals surface area contributed by atoms with E-state index in [2.05, 4.69) is 47.6 Å². The number of nitrogens with one attached hydrogen (secondary N) is 2. The first-order valence-electron chi connectivity index (χ1n) is 13.5. The van der Waals surface area contributed by atoms with Crippen LogP contribution in [0.3, 0.4) is 0 Å². The van der Waals surface area contributed by atoms with E-state index in [1.807, 2.05) is 31.2 Å². The van der Waals surface area contributed by atoms with Gasteiger partial charge in [-0.25, -0.2) is 9.67 Å². The van der Waals surface area contributed by atoms with Crippen LogP contribution in [0.4, 0.5) is 28.8 Å². The van der Waals surface area contributed by atoms with Crippen molar-refractivity contribution in [2.24, 2.45) is 0 Å². The largest absolute Gasteiger partial charge is 0.495 e. The number of aromatic nitrogens is 4. The van der Waals surface area contributed by atoms with Gasteiger partial charge >= 0.3 is 0 Å². The molecule has 3 N–H and O–H groups in total. The molecule has 11 nitrogen and oxygen atoms in total. The van der Waals surface area contributed by atoms with E-state index in [9.17, 15) is 9.67 Å². The lowest BCUT2D eigenvalue weighted by molar-refractivity contribution is 0.145. The van der Waals surface area contributed by atoms with Crippen molar-refractivity contribution in [1.82, 2.24) is 19.7 Å². The summed E-state index contributed by atoms with van der Waals surface area (Å²) in [7, 11) is 0.542. The summed E-state index contributed by atoms with van der Waals surface area (Å²) in [6.45, 7) is 7.03. The summed E-state index contributed by atoms with van der Waals surface area (Å²) in [5, 5.41) is 21.6. The molecule has 222 valence electrons. The maximum Gasteiger partial charge on any atom is 0.229 e. The molecule has 42 heavy (non-hydrogen) atoms. The van der Waals surface area contributed by atoms with Crippen molar-refractivity contribution < 1.29 is 19.1 Å². The molecule has 0 unspecified atom stereocenters. The highest BCUT2D eigenvalue weighted by atomic mass is 79.9. The summed E-state index contributed by atoms with van der Waals surface area (Å²) < 4.78 is 26.7. The molecule has 1 aliphatic rings. The molecule has 1 fully saturated rings. The van der Waals surface area contributed by atoms with Crippen LogP contribution in [0, 0.1) is 6.92 Å². The maximum absolute atomic E-state index is 13.3. The second-order valence-corrected chi connectivity index (χ2v) is 14.6. The second kappa shape index (κ2) is 12.3. The van der Waals surface area contributed by atoms with Gasteiger partial charge in [-0.2, -0.15) is 10.1 Å². The fourth-order valence-electron chi connectivity index (χ4n) is 4.85. The minimum atomic E-state index is -2.70. The molecular formula is C29H35BrN7O4P. The summed E-state index contributed by atoms with van der Waals surface area (Å²) in [5.41, 5.74) is 4.25. The second-order valence-electron chi connectivity index (χ2n) is 10.6. The smallest absolute Gasteiger partial charge is 0.229 e. The molecule has 4 aromatic rings. The number of rotatable bonds is 9. The van der Waals surface area contributed by atoms with Gasteiger partial charge in [0.15, 0.2) is 5.75 Å². The number of halogens is 1. The predicted octanol–water partition coefficient (Wildman–Crippen LogP) is 5.45. The average Bonchev–Trinajstić information content (AvgIpc) is 3.45. The van der Waals surface area contributed by atoms with Gasteiger partial charge in [0.1, 0.15) is 18.7 Å². The quantitative estimate of drug-likeness (QED) is 0.200. The average molecular weight is 657 g/mol. The number of methoxy groups -OCH3 is 2. The van der Waals surface area contributed by atoms with Crippen LogP contribution in [-0.4, -0.2) is 71.6 Å². The summed E-state index contributed by atoms with van der Waals surface area (Å²) in [5.74, 6) is 2.27. The van der Waals surface area contributed by atoms with Crippen molar-refractivity contribution in [3.05, 3.63) is 59.0 Å². The molecule has 0 spiro atoms. The van der Waals surface area contributed by atoms with Crippen LogP contribution in [0.5, 0.6) is 11.5 Å². The van der Waals surface area contributed by atoms with Crippen LogP contribution in [-0.2, 0) is 4.57 Å². The van der Waals surface area contributed by atoms with Crippen molar-refractivity contribution >= 4 is 57.2 Å². The number of nitrogens with zero attached hydrogens (tertiary/aromatic N) is 5. The van der Waals surface area contributed by atoms with Gasteiger partial charge in [-0.15, -0.1) is 0 Å². The molecule has 13 heteroatoms. The molecule has 5 rings (SSSR count). The van der Waals surface area contributed by atoms with Gasteiger partial charge in [-0.3, -0.25) is 0 Å². The number of aliphatic hydroxyl groups is 1. The Balaban J connectivity index is 1.42. The zero-order valence-corrected chi connectivity index (χ0v) is 26.7. The number of piperidine rings is 1. The summed E-state index contributed by atoms with van der Waals surface area (Å²) >= 11 is 3.55. The lowest BCUT2D eigenvalue weighted by Gasteiger charge is -2.33. The summed E-state index contributed by atoms with van der Waals surface area (Å²) in [4.78, 5) is 11.4. The number of hydrogen-bond acceptors (Lipinski definition) is 10. The molecule has 1 aliphatic heterocycles. The molecule has 2 aromatic heterocycles. The highest BCUT2D eigenvalue weighted by Gasteiger charge is 2.22. The minimum Gasteiger partial charge on any atom is -0.495 e. The fraction of sp³-hybridized carbons (Fsp3) is 0.345. The normalized spacial score (nSPS) is 14.1. The lowest BCUT2D eigenvalue weighted by Crippen LogP contribution is -2.36. The minimum absolute atomic E-state index is 0.247. The van der Waals surface area contributed by atoms with E-state index in [0.717, 1.165) is 54.3 Å². The van der Waals surface area contributed by atoms with E-state index >= 15 is 0 Å². The number of anilines is 5. The molecule has 3 heterocycles. The molecular weight excluding hydrogens is 621 g/mol. The summed E-state index contributed by atoms with van der Waals surface area (Å²) in [6.07, 6.45) is 6.28. The zero-order valence-electron chi connectivity index (χ0n) is 24.3. The third kappa shape index (κ3) is 6.56. The number of ether oxygens (including phenoxy) is 2. The molecule has 2 aromatic carbocycles. The molecule has 0 bridgehead atoms. The number of aryl methyl sites for hydroxylation is 1. The van der Waals surface area contributed by atoms with Crippen LogP contribution < -0.4 is 30.3 Å². The Kier molecular flexibility index (Phi) is 8.77. The Morgan fingerprint density at radius 2 is 1.81 bits per heavy atom. The van der Waals surface area contributed by atoms with Gasteiger partial charge in [0.2, 0.25) is 5.95 Å². The van der Waals surface area contributed by atoms with E-state index in [4.69, 9.17) is 14.5 Å². The number of hydrogen-bond donors (Lipinski definition) is 3. The van der Waals surface area contributed by atoms with E-state index in [1.54, 1.807) is 50.8 Å². The molecule has 0 saturated carbocycles. The van der Waals surface area contributed by atoms with Crippen LogP contribution >= 0.6 is 23.1 Å². The zero-order chi connectivity index (χ0) is 30.0. The summed E-state index contributed by atoms with van der Waals surface area (Å²) in [6, 6.07) is 9.65. The van der Waals surface area contributed by atoms with Gasteiger partial charge in [0.05, 0.1) is 54.3 Å². The Morgan fingerprint density at radius 3 is 2.48 bits per heavy atom. The van der Waals surface area contributed by atoms with E-state index in [0.29, 0.717) is 33.0 Å². The van der Waals surface area contributed by atoms with Gasteiger partial charge in [-0.1, -0.05) is 0 Å². The SMILES string of the molecule is COc1cnn(-c2ccc(Nc3nc(Nc4cc(OC)c(N5CCC(O)CC5)cc4C)ncc3Br)c(P(C)(C)=O)c2)c1. The van der Waals surface area contributed by atoms with E-state index in [-0.39, 0.29) is 6.10 Å². The molecule has 0 aliphatic carbocycles. The Bertz CT molecular complexity index is 1630. The van der Waals surface area contributed by atoms with E-state index < -0.39 is 7.14 Å². The molecule has 0 atom stereocenters. The van der Waals surface area contributed by atoms with Crippen molar-refractivity contribution in [3.63, 3.8) is 0 Å². The van der Waals surface area contributed by atoms with Crippen LogP contribution in [0.15, 0.2) is 53.4 Å². The van der Waals surface area contributed by atoms with Crippen molar-refractivity contribution in [1.29, 1.82) is 0 Å². The highest BCUT2D eigenvalue weighted by Crippen LogP contribution is 2.40. The van der Waals surface area contributed by atoms with Crippen LogP contribution in [0.1, 0.15) is 18.4 Å². The maximum atomic E-state index is 13.3. The van der Waals surface area contributed by atoms with Crippen molar-refractivity contribution in [2.45, 2.75) is 25.9 Å². The van der Waals surface area contributed by atoms with Crippen molar-refractivity contribution in [2.75, 3.05) is 56.2 Å². The first-order valence-corrected chi connectivity index (χ1v) is 16.9. The molecule has 0 radical (unpaired) electrons. The van der Waals surface area contributed by atoms with Gasteiger partial charge in [-0.05, 0) is 78.9 Å². The first kappa shape index (κ1) is 29.9. The van der Waals surface area contributed by atoms with Crippen LogP contribution in [0.2, 0.25) is 0 Å². The Hall–Kier alpha value is -3.60. The number of aliphatic hydroxyl groups excluding tert-OH is 1. The number of benzene rings is 2. The van der Waals surface area contributed by atoms with Crippen molar-refractivity contribution in [3.8, 4) is 17.2 Å². The lowest BCUT2D eigenvalue weighted by atomic mass is 10.1. The monoisotopic (exact) mass is 655 g/mol. The highest BCUT2D eigenvalue weighted by molar-refractivity contribution is 9.10. The van der Waals surface area contributed by atoms with E-state index in [1.165, 1.54) is 0 Å².